The number of ketones is 1. The molecule has 41 heavy (non-hydrogen) atoms. The number of rotatable bonds is 9. The Morgan fingerprint density at radius 2 is 1.95 bits per heavy atom. The largest absolute Gasteiger partial charge is 0.497 e. The van der Waals surface area contributed by atoms with Crippen molar-refractivity contribution in [3.63, 3.8) is 0 Å². The summed E-state index contributed by atoms with van der Waals surface area (Å²) in [5, 5.41) is 3.50. The fourth-order valence-corrected chi connectivity index (χ4v) is 5.22. The molecule has 1 aromatic carbocycles. The summed E-state index contributed by atoms with van der Waals surface area (Å²) < 4.78 is 22.2. The van der Waals surface area contributed by atoms with Crippen molar-refractivity contribution in [3.05, 3.63) is 42.6 Å². The minimum absolute atomic E-state index is 0.0325. The van der Waals surface area contributed by atoms with E-state index in [1.54, 1.807) is 51.1 Å². The smallest absolute Gasteiger partial charge is 0.411 e. The van der Waals surface area contributed by atoms with Gasteiger partial charge in [-0.2, -0.15) is 0 Å². The van der Waals surface area contributed by atoms with Crippen LogP contribution in [0.25, 0.3) is 10.9 Å². The highest BCUT2D eigenvalue weighted by Gasteiger charge is 2.62. The van der Waals surface area contributed by atoms with Gasteiger partial charge < -0.3 is 24.3 Å². The Bertz CT molecular complexity index is 1390. The third-order valence-electron chi connectivity index (χ3n) is 7.07. The topological polar surface area (TPSA) is 133 Å². The van der Waals surface area contributed by atoms with Gasteiger partial charge in [0.1, 0.15) is 40.5 Å². The van der Waals surface area contributed by atoms with Crippen molar-refractivity contribution >= 4 is 50.6 Å². The Labute approximate surface area is 246 Å². The Hall–Kier alpha value is -3.67. The molecule has 220 valence electrons. The predicted octanol–water partition coefficient (Wildman–Crippen LogP) is 3.81. The number of fused-ring (bicyclic) bond motifs is 1. The predicted molar refractivity (Wildman–Crippen MR) is 153 cm³/mol. The number of methoxy groups -OCH3 is 2. The first-order chi connectivity index (χ1) is 19.3. The molecule has 4 atom stereocenters. The molecule has 1 saturated carbocycles. The number of likely N-dealkylation sites (tertiary alicyclic amines) is 1. The maximum absolute atomic E-state index is 13.6. The van der Waals surface area contributed by atoms with Crippen molar-refractivity contribution in [2.24, 2.45) is 5.92 Å². The molecule has 1 aliphatic carbocycles. The van der Waals surface area contributed by atoms with Crippen LogP contribution in [0.15, 0.2) is 36.9 Å². The molecule has 0 radical (unpaired) electrons. The first-order valence-corrected chi connectivity index (χ1v) is 14.2. The number of alkyl halides is 1. The van der Waals surface area contributed by atoms with Gasteiger partial charge in [-0.3, -0.25) is 14.5 Å². The van der Waals surface area contributed by atoms with Crippen LogP contribution >= 0.6 is 15.9 Å². The number of carbonyl (C=O) groups excluding carboxylic acids is 4. The third-order valence-corrected chi connectivity index (χ3v) is 7.58. The molecule has 2 amide bonds. The lowest BCUT2D eigenvalue weighted by atomic mass is 10.1. The third kappa shape index (κ3) is 6.32. The number of esters is 1. The lowest BCUT2D eigenvalue weighted by molar-refractivity contribution is -0.147. The van der Waals surface area contributed by atoms with Gasteiger partial charge in [0.2, 0.25) is 5.91 Å². The molecule has 1 N–H and O–H groups in total. The van der Waals surface area contributed by atoms with Gasteiger partial charge in [0.25, 0.3) is 0 Å². The summed E-state index contributed by atoms with van der Waals surface area (Å²) >= 11 is 3.18. The van der Waals surface area contributed by atoms with Gasteiger partial charge >= 0.3 is 12.1 Å². The van der Waals surface area contributed by atoms with Gasteiger partial charge in [0, 0.05) is 29.9 Å². The first kappa shape index (κ1) is 30.3. The molecule has 2 heterocycles. The molecule has 2 aliphatic rings. The number of nitrogens with one attached hydrogen (secondary N) is 1. The number of benzene rings is 1. The highest BCUT2D eigenvalue weighted by Crippen LogP contribution is 2.45. The fraction of sp³-hybridized carbons (Fsp3) is 0.483. The van der Waals surface area contributed by atoms with Gasteiger partial charge in [-0.15, -0.1) is 6.58 Å². The molecule has 4 rings (SSSR count). The average Bonchev–Trinajstić information content (AvgIpc) is 3.48. The van der Waals surface area contributed by atoms with E-state index in [0.29, 0.717) is 28.8 Å². The summed E-state index contributed by atoms with van der Waals surface area (Å²) in [5.74, 6) is -0.701. The van der Waals surface area contributed by atoms with E-state index in [2.05, 4.69) is 32.8 Å². The van der Waals surface area contributed by atoms with Crippen molar-refractivity contribution in [2.45, 2.75) is 56.9 Å². The van der Waals surface area contributed by atoms with Gasteiger partial charge in [-0.1, -0.05) is 22.0 Å². The lowest BCUT2D eigenvalue weighted by Crippen LogP contribution is -2.53. The molecule has 1 aromatic heterocycles. The molecule has 2 aromatic rings. The standard InChI is InChI=1S/C29H34BrN3O8/c1-7-16-13-29(16,26(36)39-6)32-25(35)22-11-18(15-33(22)27(37)41-28(2,3)4)40-24-12-21(23(34)14-30)31-20-10-17(38-5)8-9-19(20)24/h7-10,12,16,18,22H,1,11,13-15H2,2-6H3,(H,32,35)/t16?,18-,22+,29-/m1/s1. The van der Waals surface area contributed by atoms with Crippen LogP contribution < -0.4 is 14.8 Å². The molecule has 12 heteroatoms. The fourth-order valence-electron chi connectivity index (χ4n) is 4.93. The maximum atomic E-state index is 13.6. The van der Waals surface area contributed by atoms with Crippen LogP contribution in [0, 0.1) is 5.92 Å². The Kier molecular flexibility index (Phi) is 8.62. The van der Waals surface area contributed by atoms with E-state index in [9.17, 15) is 19.2 Å². The normalized spacial score (nSPS) is 23.5. The summed E-state index contributed by atoms with van der Waals surface area (Å²) in [4.78, 5) is 57.6. The summed E-state index contributed by atoms with van der Waals surface area (Å²) in [6, 6.07) is 5.78. The van der Waals surface area contributed by atoms with E-state index in [0.717, 1.165) is 0 Å². The Morgan fingerprint density at radius 3 is 2.54 bits per heavy atom. The number of nitrogens with zero attached hydrogens (tertiary/aromatic N) is 2. The molecule has 0 bridgehead atoms. The van der Waals surface area contributed by atoms with Crippen molar-refractivity contribution in [2.75, 3.05) is 26.1 Å². The van der Waals surface area contributed by atoms with E-state index in [1.807, 2.05) is 0 Å². The van der Waals surface area contributed by atoms with E-state index in [1.165, 1.54) is 19.1 Å². The number of hydrogen-bond acceptors (Lipinski definition) is 9. The van der Waals surface area contributed by atoms with Gasteiger partial charge in [-0.25, -0.2) is 14.6 Å². The number of aromatic nitrogens is 1. The Balaban J connectivity index is 1.65. The monoisotopic (exact) mass is 631 g/mol. The highest BCUT2D eigenvalue weighted by atomic mass is 79.9. The summed E-state index contributed by atoms with van der Waals surface area (Å²) in [5.41, 5.74) is -1.35. The van der Waals surface area contributed by atoms with Crippen molar-refractivity contribution in [3.8, 4) is 11.5 Å². The number of halogens is 1. The number of carbonyl (C=O) groups is 4. The van der Waals surface area contributed by atoms with Crippen LogP contribution in [0.1, 0.15) is 44.1 Å². The van der Waals surface area contributed by atoms with Crippen LogP contribution in [0.2, 0.25) is 0 Å². The quantitative estimate of drug-likeness (QED) is 0.190. The zero-order chi connectivity index (χ0) is 30.1. The SMILES string of the molecule is C=CC1C[C@]1(NC(=O)[C@@H]1C[C@@H](Oc2cc(C(=O)CBr)nc3cc(OC)ccc23)CN1C(=O)OC(C)(C)C)C(=O)OC. The number of amides is 2. The molecular formula is C29H34BrN3O8. The minimum Gasteiger partial charge on any atom is -0.497 e. The zero-order valence-electron chi connectivity index (χ0n) is 23.7. The number of pyridine rings is 1. The maximum Gasteiger partial charge on any atom is 0.411 e. The first-order valence-electron chi connectivity index (χ1n) is 13.1. The van der Waals surface area contributed by atoms with E-state index in [4.69, 9.17) is 18.9 Å². The average molecular weight is 633 g/mol. The highest BCUT2D eigenvalue weighted by molar-refractivity contribution is 9.09. The van der Waals surface area contributed by atoms with Crippen LogP contribution in [0.5, 0.6) is 11.5 Å². The molecule has 1 saturated heterocycles. The molecular weight excluding hydrogens is 598 g/mol. The molecule has 1 unspecified atom stereocenters. The van der Waals surface area contributed by atoms with Crippen LogP contribution in [0.4, 0.5) is 4.79 Å². The zero-order valence-corrected chi connectivity index (χ0v) is 25.3. The van der Waals surface area contributed by atoms with Gasteiger partial charge in [0.05, 0.1) is 31.6 Å². The molecule has 0 spiro atoms. The van der Waals surface area contributed by atoms with E-state index < -0.39 is 41.3 Å². The lowest BCUT2D eigenvalue weighted by Gasteiger charge is -2.28. The Morgan fingerprint density at radius 1 is 1.22 bits per heavy atom. The second kappa shape index (κ2) is 11.7. The second-order valence-corrected chi connectivity index (χ2v) is 11.6. The molecule has 2 fully saturated rings. The number of ether oxygens (including phenoxy) is 4. The van der Waals surface area contributed by atoms with Crippen molar-refractivity contribution < 1.29 is 38.1 Å². The molecule has 11 nitrogen and oxygen atoms in total. The molecule has 1 aliphatic heterocycles. The summed E-state index contributed by atoms with van der Waals surface area (Å²) in [6.45, 7) is 8.97. The number of hydrogen-bond donors (Lipinski definition) is 1. The van der Waals surface area contributed by atoms with E-state index in [-0.39, 0.29) is 35.7 Å². The van der Waals surface area contributed by atoms with E-state index >= 15 is 0 Å². The summed E-state index contributed by atoms with van der Waals surface area (Å²) in [6.07, 6.45) is 0.736. The van der Waals surface area contributed by atoms with Crippen molar-refractivity contribution in [1.82, 2.24) is 15.2 Å². The number of Topliss-reactive ketones (excluding diaryl/α,β-unsaturated/α-hetero) is 1. The van der Waals surface area contributed by atoms with Gasteiger partial charge in [0.15, 0.2) is 5.78 Å². The van der Waals surface area contributed by atoms with Crippen LogP contribution in [0.3, 0.4) is 0 Å². The second-order valence-electron chi connectivity index (χ2n) is 11.1. The van der Waals surface area contributed by atoms with Crippen LogP contribution in [-0.2, 0) is 19.1 Å². The summed E-state index contributed by atoms with van der Waals surface area (Å²) in [7, 11) is 2.79. The van der Waals surface area contributed by atoms with Crippen molar-refractivity contribution in [1.29, 1.82) is 0 Å². The minimum atomic E-state index is -1.22. The van der Waals surface area contributed by atoms with Gasteiger partial charge in [-0.05, 0) is 39.3 Å². The van der Waals surface area contributed by atoms with Crippen LogP contribution in [-0.4, -0.2) is 83.0 Å².